The number of nitro groups is 1. The third-order valence-electron chi connectivity index (χ3n) is 2.09. The van der Waals surface area contributed by atoms with Crippen LogP contribution in [0.5, 0.6) is 0 Å². The lowest BCUT2D eigenvalue weighted by molar-refractivity contribution is -0.385. The molecule has 0 heterocycles. The van der Waals surface area contributed by atoms with Crippen molar-refractivity contribution in [3.05, 3.63) is 39.4 Å². The van der Waals surface area contributed by atoms with Gasteiger partial charge in [0, 0.05) is 23.6 Å². The van der Waals surface area contributed by atoms with Crippen LogP contribution >= 0.6 is 0 Å². The number of rotatable bonds is 4. The van der Waals surface area contributed by atoms with Crippen LogP contribution in [-0.4, -0.2) is 17.3 Å². The number of nitrogens with zero attached hydrogens (tertiary/aromatic N) is 1. The van der Waals surface area contributed by atoms with Crippen molar-refractivity contribution in [1.82, 2.24) is 0 Å². The summed E-state index contributed by atoms with van der Waals surface area (Å²) in [4.78, 5) is 21.5. The highest BCUT2D eigenvalue weighted by Crippen LogP contribution is 2.19. The number of carbonyl (C=O) groups is 1. The smallest absolute Gasteiger partial charge is 0.272 e. The number of nitrogens with two attached hydrogens (primary N) is 1. The molecule has 0 spiro atoms. The number of Topliss-reactive ketones (excluding diaryl/α,β-unsaturated/α-hetero) is 1. The van der Waals surface area contributed by atoms with Crippen LogP contribution in [-0.2, 0) is 0 Å². The Morgan fingerprint density at radius 3 is 2.67 bits per heavy atom. The number of aryl methyl sites for hydroxylation is 1. The number of hydrogen-bond donors (Lipinski definition) is 1. The highest BCUT2D eigenvalue weighted by molar-refractivity contribution is 5.96. The van der Waals surface area contributed by atoms with E-state index in [1.165, 1.54) is 18.2 Å². The fourth-order valence-corrected chi connectivity index (χ4v) is 1.31. The predicted octanol–water partition coefficient (Wildman–Crippen LogP) is 1.43. The third kappa shape index (κ3) is 2.60. The zero-order valence-corrected chi connectivity index (χ0v) is 8.40. The minimum atomic E-state index is -0.466. The molecule has 0 aliphatic carbocycles. The molecule has 0 bridgehead atoms. The van der Waals surface area contributed by atoms with Crippen molar-refractivity contribution in [2.24, 2.45) is 5.73 Å². The average Bonchev–Trinajstić information content (AvgIpc) is 2.17. The fraction of sp³-hybridized carbons (Fsp3) is 0.300. The highest BCUT2D eigenvalue weighted by Gasteiger charge is 2.12. The lowest BCUT2D eigenvalue weighted by Crippen LogP contribution is -2.08. The summed E-state index contributed by atoms with van der Waals surface area (Å²) < 4.78 is 0. The Hall–Kier alpha value is -1.75. The molecule has 0 saturated heterocycles. The molecule has 0 radical (unpaired) electrons. The normalized spacial score (nSPS) is 10.0. The molecule has 1 rings (SSSR count). The first-order chi connectivity index (χ1) is 7.06. The van der Waals surface area contributed by atoms with Crippen molar-refractivity contribution in [3.8, 4) is 0 Å². The number of benzene rings is 1. The van der Waals surface area contributed by atoms with Gasteiger partial charge >= 0.3 is 0 Å². The van der Waals surface area contributed by atoms with Crippen molar-refractivity contribution in [2.75, 3.05) is 6.54 Å². The van der Waals surface area contributed by atoms with Gasteiger partial charge in [0.05, 0.1) is 4.92 Å². The Labute approximate surface area is 87.0 Å². The number of nitro benzene ring substituents is 1. The van der Waals surface area contributed by atoms with Gasteiger partial charge in [-0.05, 0) is 25.6 Å². The minimum Gasteiger partial charge on any atom is -0.330 e. The summed E-state index contributed by atoms with van der Waals surface area (Å²) in [5.74, 6) is -0.0875. The van der Waals surface area contributed by atoms with E-state index in [1.807, 2.05) is 0 Å². The van der Waals surface area contributed by atoms with Crippen molar-refractivity contribution in [2.45, 2.75) is 13.3 Å². The number of carbonyl (C=O) groups excluding carboxylic acids is 1. The van der Waals surface area contributed by atoms with E-state index in [9.17, 15) is 14.9 Å². The van der Waals surface area contributed by atoms with Gasteiger partial charge in [-0.1, -0.05) is 0 Å². The van der Waals surface area contributed by atoms with Gasteiger partial charge in [-0.2, -0.15) is 0 Å². The predicted molar refractivity (Wildman–Crippen MR) is 55.8 cm³/mol. The molecule has 0 aliphatic heterocycles. The molecule has 0 aromatic heterocycles. The molecule has 0 atom stereocenters. The molecule has 15 heavy (non-hydrogen) atoms. The van der Waals surface area contributed by atoms with Crippen molar-refractivity contribution in [1.29, 1.82) is 0 Å². The number of ketones is 1. The van der Waals surface area contributed by atoms with Gasteiger partial charge in [0.15, 0.2) is 5.78 Å². The standard InChI is InChI=1S/C10H12N2O3/c1-7-6-8(10(13)4-5-11)2-3-9(7)12(14)15/h2-3,6H,4-5,11H2,1H3. The molecular weight excluding hydrogens is 196 g/mol. The van der Waals surface area contributed by atoms with Crippen molar-refractivity contribution < 1.29 is 9.72 Å². The molecule has 0 saturated carbocycles. The molecule has 1 aromatic rings. The van der Waals surface area contributed by atoms with Crippen molar-refractivity contribution in [3.63, 3.8) is 0 Å². The summed E-state index contributed by atoms with van der Waals surface area (Å²) in [6.07, 6.45) is 0.261. The third-order valence-corrected chi connectivity index (χ3v) is 2.09. The summed E-state index contributed by atoms with van der Waals surface area (Å²) in [6, 6.07) is 4.33. The first-order valence-electron chi connectivity index (χ1n) is 4.54. The molecule has 0 aliphatic rings. The lowest BCUT2D eigenvalue weighted by atomic mass is 10.0. The molecule has 5 heteroatoms. The summed E-state index contributed by atoms with van der Waals surface area (Å²) in [5, 5.41) is 10.5. The quantitative estimate of drug-likeness (QED) is 0.460. The Morgan fingerprint density at radius 1 is 1.53 bits per heavy atom. The average molecular weight is 208 g/mol. The van der Waals surface area contributed by atoms with E-state index in [1.54, 1.807) is 6.92 Å². The van der Waals surface area contributed by atoms with Crippen LogP contribution in [0.3, 0.4) is 0 Å². The van der Waals surface area contributed by atoms with Gasteiger partial charge in [0.2, 0.25) is 0 Å². The maximum atomic E-state index is 11.4. The summed E-state index contributed by atoms with van der Waals surface area (Å²) >= 11 is 0. The molecule has 0 amide bonds. The topological polar surface area (TPSA) is 86.2 Å². The molecular formula is C10H12N2O3. The van der Waals surface area contributed by atoms with E-state index in [4.69, 9.17) is 5.73 Å². The molecule has 1 aromatic carbocycles. The van der Waals surface area contributed by atoms with Crippen molar-refractivity contribution >= 4 is 11.5 Å². The second kappa shape index (κ2) is 4.65. The van der Waals surface area contributed by atoms with E-state index >= 15 is 0 Å². The molecule has 80 valence electrons. The molecule has 0 fully saturated rings. The summed E-state index contributed by atoms with van der Waals surface area (Å²) in [7, 11) is 0. The number of hydrogen-bond acceptors (Lipinski definition) is 4. The monoisotopic (exact) mass is 208 g/mol. The van der Waals surface area contributed by atoms with Gasteiger partial charge in [-0.15, -0.1) is 0 Å². The highest BCUT2D eigenvalue weighted by atomic mass is 16.6. The van der Waals surface area contributed by atoms with Crippen LogP contribution in [0.2, 0.25) is 0 Å². The summed E-state index contributed by atoms with van der Waals surface area (Å²) in [6.45, 7) is 1.90. The van der Waals surface area contributed by atoms with Crippen LogP contribution in [0.1, 0.15) is 22.3 Å². The molecule has 2 N–H and O–H groups in total. The van der Waals surface area contributed by atoms with Crippen LogP contribution in [0.15, 0.2) is 18.2 Å². The lowest BCUT2D eigenvalue weighted by Gasteiger charge is -2.01. The van der Waals surface area contributed by atoms with E-state index in [2.05, 4.69) is 0 Å². The van der Waals surface area contributed by atoms with E-state index in [0.29, 0.717) is 11.1 Å². The Balaban J connectivity index is 3.01. The van der Waals surface area contributed by atoms with E-state index in [0.717, 1.165) is 0 Å². The molecule has 0 unspecified atom stereocenters. The maximum absolute atomic E-state index is 11.4. The summed E-state index contributed by atoms with van der Waals surface area (Å²) in [5.41, 5.74) is 6.25. The van der Waals surface area contributed by atoms with Crippen LogP contribution < -0.4 is 5.73 Å². The van der Waals surface area contributed by atoms with Gasteiger partial charge < -0.3 is 5.73 Å². The zero-order chi connectivity index (χ0) is 11.4. The second-order valence-corrected chi connectivity index (χ2v) is 3.22. The largest absolute Gasteiger partial charge is 0.330 e. The first kappa shape index (κ1) is 11.3. The van der Waals surface area contributed by atoms with Gasteiger partial charge in [0.1, 0.15) is 0 Å². The Kier molecular flexibility index (Phi) is 3.51. The van der Waals surface area contributed by atoms with Gasteiger partial charge in [-0.25, -0.2) is 0 Å². The van der Waals surface area contributed by atoms with Gasteiger partial charge in [0.25, 0.3) is 5.69 Å². The maximum Gasteiger partial charge on any atom is 0.272 e. The fourth-order valence-electron chi connectivity index (χ4n) is 1.31. The SMILES string of the molecule is Cc1cc(C(=O)CCN)ccc1[N+](=O)[O-]. The Bertz CT molecular complexity index is 402. The van der Waals surface area contributed by atoms with Crippen LogP contribution in [0.25, 0.3) is 0 Å². The van der Waals surface area contributed by atoms with E-state index < -0.39 is 4.92 Å². The minimum absolute atomic E-state index is 0.0271. The zero-order valence-electron chi connectivity index (χ0n) is 8.40. The van der Waals surface area contributed by atoms with Crippen LogP contribution in [0.4, 0.5) is 5.69 Å². The first-order valence-corrected chi connectivity index (χ1v) is 4.54. The Morgan fingerprint density at radius 2 is 2.20 bits per heavy atom. The molecule has 5 nitrogen and oxygen atoms in total. The van der Waals surface area contributed by atoms with Gasteiger partial charge in [-0.3, -0.25) is 14.9 Å². The second-order valence-electron chi connectivity index (χ2n) is 3.22. The van der Waals surface area contributed by atoms with Crippen LogP contribution in [0, 0.1) is 17.0 Å². The van der Waals surface area contributed by atoms with E-state index in [-0.39, 0.29) is 24.4 Å².